The number of thiazole rings is 1. The first-order valence-electron chi connectivity index (χ1n) is 4.65. The van der Waals surface area contributed by atoms with Gasteiger partial charge in [-0.1, -0.05) is 12.1 Å². The highest BCUT2D eigenvalue weighted by atomic mass is 35.5. The first-order chi connectivity index (χ1) is 7.22. The van der Waals surface area contributed by atoms with Crippen LogP contribution in [0.15, 0.2) is 23.7 Å². The van der Waals surface area contributed by atoms with Crippen molar-refractivity contribution >= 4 is 36.2 Å². The summed E-state index contributed by atoms with van der Waals surface area (Å²) in [5.74, 6) is 0.253. The number of nitrogens with zero attached hydrogens (tertiary/aromatic N) is 1. The van der Waals surface area contributed by atoms with Crippen LogP contribution >= 0.6 is 36.2 Å². The van der Waals surface area contributed by atoms with Crippen LogP contribution in [0, 0.1) is 6.92 Å². The summed E-state index contributed by atoms with van der Waals surface area (Å²) in [5.41, 5.74) is 10.0. The normalized spacial score (nSPS) is 9.29. The van der Waals surface area contributed by atoms with E-state index in [0.29, 0.717) is 6.54 Å². The predicted molar refractivity (Wildman–Crippen MR) is 76.3 cm³/mol. The number of aromatic hydroxyl groups is 1. The SMILES string of the molecule is Cc1ncsc1-c1ccc(CN)c(O)c1.Cl.Cl. The third-order valence-electron chi connectivity index (χ3n) is 2.31. The molecule has 0 atom stereocenters. The average molecular weight is 293 g/mol. The van der Waals surface area contributed by atoms with E-state index >= 15 is 0 Å². The number of hydrogen-bond donors (Lipinski definition) is 2. The van der Waals surface area contributed by atoms with Crippen LogP contribution in [0.1, 0.15) is 11.3 Å². The maximum Gasteiger partial charge on any atom is 0.120 e. The van der Waals surface area contributed by atoms with Gasteiger partial charge in [-0.3, -0.25) is 0 Å². The molecule has 0 saturated heterocycles. The third kappa shape index (κ3) is 3.33. The van der Waals surface area contributed by atoms with Crippen LogP contribution in [0.25, 0.3) is 10.4 Å². The van der Waals surface area contributed by atoms with Gasteiger partial charge in [0, 0.05) is 12.1 Å². The lowest BCUT2D eigenvalue weighted by atomic mass is 10.1. The maximum absolute atomic E-state index is 9.69. The molecule has 1 heterocycles. The molecule has 17 heavy (non-hydrogen) atoms. The van der Waals surface area contributed by atoms with E-state index in [0.717, 1.165) is 21.7 Å². The number of aromatic nitrogens is 1. The van der Waals surface area contributed by atoms with Gasteiger partial charge in [0.2, 0.25) is 0 Å². The van der Waals surface area contributed by atoms with Crippen LogP contribution in [0.5, 0.6) is 5.75 Å². The van der Waals surface area contributed by atoms with Gasteiger partial charge in [-0.15, -0.1) is 36.2 Å². The summed E-state index contributed by atoms with van der Waals surface area (Å²) in [7, 11) is 0. The second-order valence-electron chi connectivity index (χ2n) is 3.31. The zero-order valence-corrected chi connectivity index (χ0v) is 11.7. The lowest BCUT2D eigenvalue weighted by Gasteiger charge is -2.04. The van der Waals surface area contributed by atoms with E-state index in [2.05, 4.69) is 4.98 Å². The van der Waals surface area contributed by atoms with Crippen molar-refractivity contribution in [1.29, 1.82) is 0 Å². The number of phenolic OH excluding ortho intramolecular Hbond substituents is 1. The van der Waals surface area contributed by atoms with Crippen molar-refractivity contribution in [3.63, 3.8) is 0 Å². The number of benzene rings is 1. The maximum atomic E-state index is 9.69. The molecular weight excluding hydrogens is 279 g/mol. The molecule has 0 radical (unpaired) electrons. The molecule has 1 aromatic heterocycles. The molecule has 0 spiro atoms. The Morgan fingerprint density at radius 3 is 2.53 bits per heavy atom. The van der Waals surface area contributed by atoms with Crippen molar-refractivity contribution in [2.24, 2.45) is 5.73 Å². The summed E-state index contributed by atoms with van der Waals surface area (Å²) in [6, 6.07) is 5.55. The molecule has 0 amide bonds. The molecule has 0 saturated carbocycles. The molecule has 0 aliphatic rings. The molecule has 3 nitrogen and oxygen atoms in total. The highest BCUT2D eigenvalue weighted by molar-refractivity contribution is 7.13. The van der Waals surface area contributed by atoms with Gasteiger partial charge in [0.25, 0.3) is 0 Å². The fourth-order valence-corrected chi connectivity index (χ4v) is 2.26. The number of rotatable bonds is 2. The summed E-state index contributed by atoms with van der Waals surface area (Å²) in [5, 5.41) is 9.69. The van der Waals surface area contributed by atoms with Crippen LogP contribution in [0.2, 0.25) is 0 Å². The molecule has 2 aromatic rings. The Bertz CT molecular complexity index is 488. The smallest absolute Gasteiger partial charge is 0.120 e. The molecule has 0 bridgehead atoms. The first-order valence-corrected chi connectivity index (χ1v) is 5.52. The van der Waals surface area contributed by atoms with Crippen molar-refractivity contribution in [3.8, 4) is 16.2 Å². The summed E-state index contributed by atoms with van der Waals surface area (Å²) < 4.78 is 0. The topological polar surface area (TPSA) is 59.1 Å². The first kappa shape index (κ1) is 16.2. The Morgan fingerprint density at radius 1 is 1.35 bits per heavy atom. The zero-order valence-electron chi connectivity index (χ0n) is 9.21. The van der Waals surface area contributed by atoms with Crippen LogP contribution in [0.4, 0.5) is 0 Å². The monoisotopic (exact) mass is 292 g/mol. The lowest BCUT2D eigenvalue weighted by molar-refractivity contribution is 0.468. The minimum atomic E-state index is 0. The molecule has 0 fully saturated rings. The molecule has 6 heteroatoms. The van der Waals surface area contributed by atoms with Crippen molar-refractivity contribution in [3.05, 3.63) is 35.0 Å². The van der Waals surface area contributed by atoms with E-state index in [9.17, 15) is 5.11 Å². The van der Waals surface area contributed by atoms with Crippen molar-refractivity contribution in [2.75, 3.05) is 0 Å². The third-order valence-corrected chi connectivity index (χ3v) is 3.29. The molecule has 3 N–H and O–H groups in total. The minimum absolute atomic E-state index is 0. The Hall–Kier alpha value is -0.810. The zero-order chi connectivity index (χ0) is 10.8. The predicted octanol–water partition coefficient (Wildman–Crippen LogP) is 3.13. The molecule has 0 aliphatic heterocycles. The Kier molecular flexibility index (Phi) is 6.49. The number of halogens is 2. The van der Waals surface area contributed by atoms with Crippen molar-refractivity contribution in [1.82, 2.24) is 4.98 Å². The highest BCUT2D eigenvalue weighted by Crippen LogP contribution is 2.30. The van der Waals surface area contributed by atoms with Gasteiger partial charge >= 0.3 is 0 Å². The van der Waals surface area contributed by atoms with Gasteiger partial charge in [-0.25, -0.2) is 4.98 Å². The molecule has 94 valence electrons. The average Bonchev–Trinajstić information content (AvgIpc) is 2.64. The van der Waals surface area contributed by atoms with E-state index in [4.69, 9.17) is 5.73 Å². The van der Waals surface area contributed by atoms with E-state index in [-0.39, 0.29) is 30.6 Å². The van der Waals surface area contributed by atoms with E-state index < -0.39 is 0 Å². The van der Waals surface area contributed by atoms with E-state index in [1.165, 1.54) is 0 Å². The van der Waals surface area contributed by atoms with E-state index in [1.807, 2.05) is 19.1 Å². The molecule has 0 unspecified atom stereocenters. The number of aryl methyl sites for hydroxylation is 1. The van der Waals surface area contributed by atoms with Crippen molar-refractivity contribution < 1.29 is 5.11 Å². The Morgan fingerprint density at radius 2 is 2.06 bits per heavy atom. The molecular formula is C11H14Cl2N2OS. The van der Waals surface area contributed by atoms with Crippen LogP contribution < -0.4 is 5.73 Å². The number of nitrogens with two attached hydrogens (primary N) is 1. The van der Waals surface area contributed by atoms with Crippen LogP contribution in [0.3, 0.4) is 0 Å². The quantitative estimate of drug-likeness (QED) is 0.894. The summed E-state index contributed by atoms with van der Waals surface area (Å²) in [6.45, 7) is 2.31. The van der Waals surface area contributed by atoms with Gasteiger partial charge < -0.3 is 10.8 Å². The number of hydrogen-bond acceptors (Lipinski definition) is 4. The lowest BCUT2D eigenvalue weighted by Crippen LogP contribution is -1.96. The van der Waals surface area contributed by atoms with Gasteiger partial charge in [-0.05, 0) is 18.6 Å². The van der Waals surface area contributed by atoms with Gasteiger partial charge in [0.15, 0.2) is 0 Å². The molecule has 1 aromatic carbocycles. The standard InChI is InChI=1S/C11H12N2OS.2ClH/c1-7-11(15-6-13-7)8-2-3-9(5-12)10(14)4-8;;/h2-4,6,14H,5,12H2,1H3;2*1H. The van der Waals surface area contributed by atoms with Crippen LogP contribution in [-0.2, 0) is 6.54 Å². The molecule has 0 aliphatic carbocycles. The minimum Gasteiger partial charge on any atom is -0.508 e. The fraction of sp³-hybridized carbons (Fsp3) is 0.182. The largest absolute Gasteiger partial charge is 0.508 e. The van der Waals surface area contributed by atoms with Crippen LogP contribution in [-0.4, -0.2) is 10.1 Å². The Balaban J connectivity index is 0.00000128. The van der Waals surface area contributed by atoms with Gasteiger partial charge in [0.05, 0.1) is 16.1 Å². The summed E-state index contributed by atoms with van der Waals surface area (Å²) >= 11 is 1.57. The molecule has 2 rings (SSSR count). The second-order valence-corrected chi connectivity index (χ2v) is 4.17. The summed E-state index contributed by atoms with van der Waals surface area (Å²) in [4.78, 5) is 5.27. The fourth-order valence-electron chi connectivity index (χ4n) is 1.46. The Labute approximate surface area is 117 Å². The van der Waals surface area contributed by atoms with Crippen molar-refractivity contribution in [2.45, 2.75) is 13.5 Å². The number of phenols is 1. The van der Waals surface area contributed by atoms with Gasteiger partial charge in [0.1, 0.15) is 5.75 Å². The summed E-state index contributed by atoms with van der Waals surface area (Å²) in [6.07, 6.45) is 0. The highest BCUT2D eigenvalue weighted by Gasteiger charge is 2.07. The van der Waals surface area contributed by atoms with E-state index in [1.54, 1.807) is 22.9 Å². The van der Waals surface area contributed by atoms with Gasteiger partial charge in [-0.2, -0.15) is 0 Å². The second kappa shape index (κ2) is 6.81.